The number of hydrogen-bond donors (Lipinski definition) is 1. The van der Waals surface area contributed by atoms with E-state index in [4.69, 9.17) is 5.73 Å². The lowest BCUT2D eigenvalue weighted by molar-refractivity contribution is 0.187. The Balaban J connectivity index is 2.01. The van der Waals surface area contributed by atoms with Crippen LogP contribution >= 0.6 is 0 Å². The lowest BCUT2D eigenvalue weighted by Crippen LogP contribution is -2.36. The van der Waals surface area contributed by atoms with Crippen molar-refractivity contribution in [2.24, 2.45) is 11.8 Å². The van der Waals surface area contributed by atoms with E-state index in [9.17, 15) is 0 Å². The van der Waals surface area contributed by atoms with Crippen LogP contribution in [0.25, 0.3) is 0 Å². The lowest BCUT2D eigenvalue weighted by Gasteiger charge is -2.50. The molecule has 86 valence electrons. The molecule has 0 heterocycles. The fourth-order valence-corrected chi connectivity index (χ4v) is 3.97. The van der Waals surface area contributed by atoms with Gasteiger partial charge in [0, 0.05) is 5.69 Å². The third kappa shape index (κ3) is 1.24. The van der Waals surface area contributed by atoms with Crippen LogP contribution in [0.15, 0.2) is 18.2 Å². The number of nitrogens with two attached hydrogens (primary N) is 1. The Morgan fingerprint density at radius 1 is 1.25 bits per heavy atom. The minimum Gasteiger partial charge on any atom is -0.398 e. The predicted octanol–water partition coefficient (Wildman–Crippen LogP) is 3.91. The maximum Gasteiger partial charge on any atom is 0.0352 e. The first-order valence-electron chi connectivity index (χ1n) is 6.58. The van der Waals surface area contributed by atoms with Gasteiger partial charge in [0.05, 0.1) is 0 Å². The van der Waals surface area contributed by atoms with E-state index in [0.29, 0.717) is 0 Å². The number of hydrogen-bond acceptors (Lipinski definition) is 1. The van der Waals surface area contributed by atoms with Crippen LogP contribution in [0.4, 0.5) is 5.69 Å². The van der Waals surface area contributed by atoms with Gasteiger partial charge in [0.2, 0.25) is 0 Å². The Bertz CT molecular complexity index is 408. The average Bonchev–Trinajstić information content (AvgIpc) is 2.24. The summed E-state index contributed by atoms with van der Waals surface area (Å²) in [6, 6.07) is 6.48. The van der Waals surface area contributed by atoms with E-state index >= 15 is 0 Å². The maximum atomic E-state index is 6.10. The van der Waals surface area contributed by atoms with Crippen molar-refractivity contribution in [2.45, 2.75) is 44.9 Å². The molecule has 2 aliphatic carbocycles. The molecule has 2 N–H and O–H groups in total. The van der Waals surface area contributed by atoms with Crippen LogP contribution in [-0.4, -0.2) is 0 Å². The fraction of sp³-hybridized carbons (Fsp3) is 0.600. The molecule has 0 aromatic heterocycles. The van der Waals surface area contributed by atoms with E-state index in [2.05, 4.69) is 32.0 Å². The topological polar surface area (TPSA) is 26.0 Å². The molecule has 0 saturated heterocycles. The van der Waals surface area contributed by atoms with Crippen LogP contribution < -0.4 is 5.73 Å². The highest BCUT2D eigenvalue weighted by Crippen LogP contribution is 2.60. The summed E-state index contributed by atoms with van der Waals surface area (Å²) in [5.41, 5.74) is 10.2. The van der Waals surface area contributed by atoms with Crippen LogP contribution in [0.1, 0.15) is 56.1 Å². The number of anilines is 1. The molecule has 1 saturated carbocycles. The minimum atomic E-state index is 0.775. The molecule has 2 aliphatic rings. The summed E-state index contributed by atoms with van der Waals surface area (Å²) in [7, 11) is 0. The molecule has 1 aromatic rings. The molecule has 1 fully saturated rings. The molecule has 1 aromatic carbocycles. The molecule has 1 heteroatoms. The van der Waals surface area contributed by atoms with Gasteiger partial charge in [-0.25, -0.2) is 0 Å². The van der Waals surface area contributed by atoms with Crippen molar-refractivity contribution in [1.82, 2.24) is 0 Å². The van der Waals surface area contributed by atoms with Crippen molar-refractivity contribution in [1.29, 1.82) is 0 Å². The Morgan fingerprint density at radius 2 is 2.06 bits per heavy atom. The molecule has 0 amide bonds. The van der Waals surface area contributed by atoms with Crippen LogP contribution in [-0.2, 0) is 0 Å². The van der Waals surface area contributed by atoms with Gasteiger partial charge in [0.15, 0.2) is 0 Å². The van der Waals surface area contributed by atoms with Gasteiger partial charge in [-0.15, -0.1) is 0 Å². The summed E-state index contributed by atoms with van der Waals surface area (Å²) < 4.78 is 0. The molecule has 0 bridgehead atoms. The quantitative estimate of drug-likeness (QED) is 0.706. The van der Waals surface area contributed by atoms with Gasteiger partial charge in [-0.3, -0.25) is 0 Å². The van der Waals surface area contributed by atoms with Gasteiger partial charge in [0.1, 0.15) is 0 Å². The van der Waals surface area contributed by atoms with Gasteiger partial charge >= 0.3 is 0 Å². The smallest absolute Gasteiger partial charge is 0.0352 e. The number of benzene rings is 1. The van der Waals surface area contributed by atoms with Gasteiger partial charge in [-0.2, -0.15) is 0 Å². The van der Waals surface area contributed by atoms with E-state index < -0.39 is 0 Å². The van der Waals surface area contributed by atoms with Gasteiger partial charge in [-0.05, 0) is 53.7 Å². The highest BCUT2D eigenvalue weighted by atomic mass is 14.6. The van der Waals surface area contributed by atoms with Crippen LogP contribution in [0.2, 0.25) is 0 Å². The van der Waals surface area contributed by atoms with Crippen molar-refractivity contribution in [3.05, 3.63) is 29.3 Å². The summed E-state index contributed by atoms with van der Waals surface area (Å²) in [6.45, 7) is 4.74. The summed E-state index contributed by atoms with van der Waals surface area (Å²) in [5, 5.41) is 0. The first-order valence-corrected chi connectivity index (χ1v) is 6.58. The third-order valence-corrected chi connectivity index (χ3v) is 4.71. The first-order chi connectivity index (χ1) is 7.70. The molecule has 3 unspecified atom stereocenters. The third-order valence-electron chi connectivity index (χ3n) is 4.71. The van der Waals surface area contributed by atoms with Crippen LogP contribution in [0, 0.1) is 11.8 Å². The summed E-state index contributed by atoms with van der Waals surface area (Å²) in [4.78, 5) is 0. The van der Waals surface area contributed by atoms with E-state index in [-0.39, 0.29) is 0 Å². The second-order valence-electron chi connectivity index (χ2n) is 5.82. The zero-order valence-corrected chi connectivity index (χ0v) is 10.2. The van der Waals surface area contributed by atoms with E-state index in [1.54, 1.807) is 5.56 Å². The maximum absolute atomic E-state index is 6.10. The van der Waals surface area contributed by atoms with Crippen molar-refractivity contribution in [3.63, 3.8) is 0 Å². The number of fused-ring (bicyclic) bond motifs is 4. The highest BCUT2D eigenvalue weighted by Gasteiger charge is 2.45. The van der Waals surface area contributed by atoms with Crippen LogP contribution in [0.5, 0.6) is 0 Å². The Morgan fingerprint density at radius 3 is 2.81 bits per heavy atom. The zero-order chi connectivity index (χ0) is 11.3. The Kier molecular flexibility index (Phi) is 2.24. The number of rotatable bonds is 1. The Hall–Kier alpha value is -0.980. The largest absolute Gasteiger partial charge is 0.398 e. The molecule has 3 rings (SSSR count). The second-order valence-corrected chi connectivity index (χ2v) is 5.82. The second kappa shape index (κ2) is 3.51. The molecule has 0 spiro atoms. The summed E-state index contributed by atoms with van der Waals surface area (Å²) in [5.74, 6) is 3.28. The monoisotopic (exact) mass is 215 g/mol. The molecule has 16 heavy (non-hydrogen) atoms. The molecular formula is C15H21N. The fourth-order valence-electron chi connectivity index (χ4n) is 3.97. The van der Waals surface area contributed by atoms with Gasteiger partial charge in [0.25, 0.3) is 0 Å². The molecule has 0 aliphatic heterocycles. The minimum absolute atomic E-state index is 0.775. The normalized spacial score (nSPS) is 31.8. The van der Waals surface area contributed by atoms with Gasteiger partial charge in [-0.1, -0.05) is 32.4 Å². The summed E-state index contributed by atoms with van der Waals surface area (Å²) >= 11 is 0. The van der Waals surface area contributed by atoms with Crippen molar-refractivity contribution in [2.75, 3.05) is 5.73 Å². The zero-order valence-electron chi connectivity index (χ0n) is 10.2. The summed E-state index contributed by atoms with van der Waals surface area (Å²) in [6.07, 6.45) is 4.15. The van der Waals surface area contributed by atoms with E-state index in [1.165, 1.54) is 24.8 Å². The van der Waals surface area contributed by atoms with Crippen molar-refractivity contribution < 1.29 is 0 Å². The van der Waals surface area contributed by atoms with Crippen LogP contribution in [0.3, 0.4) is 0 Å². The molecule has 0 radical (unpaired) electrons. The average molecular weight is 215 g/mol. The SMILES string of the molecule is CC(C)C1CCCC2c3c(N)cccc3C21. The molecule has 1 nitrogen and oxygen atoms in total. The Labute approximate surface area is 98.0 Å². The standard InChI is InChI=1S/C15H21N/c1-9(2)10-5-3-6-11-14(10)12-7-4-8-13(16)15(11)12/h4,7-11,14H,3,5-6,16H2,1-2H3. The molecule has 3 atom stereocenters. The number of nitrogen functional groups attached to an aromatic ring is 1. The van der Waals surface area contributed by atoms with Gasteiger partial charge < -0.3 is 5.73 Å². The van der Waals surface area contributed by atoms with Crippen molar-refractivity contribution in [3.8, 4) is 0 Å². The molecular weight excluding hydrogens is 194 g/mol. The van der Waals surface area contributed by atoms with E-state index in [0.717, 1.165) is 29.4 Å². The van der Waals surface area contributed by atoms with Crippen molar-refractivity contribution >= 4 is 5.69 Å². The lowest BCUT2D eigenvalue weighted by atomic mass is 9.55. The predicted molar refractivity (Wildman–Crippen MR) is 68.5 cm³/mol. The first kappa shape index (κ1) is 10.2. The highest BCUT2D eigenvalue weighted by molar-refractivity contribution is 5.61. The van der Waals surface area contributed by atoms with E-state index in [1.807, 2.05) is 0 Å².